The van der Waals surface area contributed by atoms with E-state index in [0.29, 0.717) is 30.2 Å². The number of nitrogens with one attached hydrogen (secondary N) is 1. The Bertz CT molecular complexity index is 929. The molecule has 10 heteroatoms. The Balaban J connectivity index is 2.93. The number of carboxylic acids is 1. The Morgan fingerprint density at radius 3 is 2.03 bits per heavy atom. The highest BCUT2D eigenvalue weighted by molar-refractivity contribution is 5.77. The zero-order valence-electron chi connectivity index (χ0n) is 24.1. The molecule has 0 amide bonds. The number of ether oxygens (including phenoxy) is 4. The number of hydrogen-bond acceptors (Lipinski definition) is 9. The van der Waals surface area contributed by atoms with E-state index < -0.39 is 36.2 Å². The number of hydrogen-bond donors (Lipinski definition) is 2. The fourth-order valence-electron chi connectivity index (χ4n) is 3.33. The molecule has 0 radical (unpaired) electrons. The second-order valence-electron chi connectivity index (χ2n) is 10.5. The molecule has 0 aliphatic heterocycles. The molecule has 0 saturated carbocycles. The average Bonchev–Trinajstić information content (AvgIpc) is 2.85. The number of unbranched alkanes of at least 4 members (excludes halogenated alkanes) is 1. The Morgan fingerprint density at radius 2 is 1.49 bits per heavy atom. The Kier molecular flexibility index (Phi) is 15.8. The first-order valence-corrected chi connectivity index (χ1v) is 13.7. The third-order valence-electron chi connectivity index (χ3n) is 5.71. The van der Waals surface area contributed by atoms with Crippen LogP contribution in [0.1, 0.15) is 85.6 Å². The van der Waals surface area contributed by atoms with Crippen molar-refractivity contribution in [2.24, 2.45) is 11.8 Å². The summed E-state index contributed by atoms with van der Waals surface area (Å²) in [6.07, 6.45) is 1.95. The minimum absolute atomic E-state index is 0.0428. The first-order valence-electron chi connectivity index (χ1n) is 13.7. The molecule has 220 valence electrons. The Hall–Kier alpha value is -3.14. The number of carbonyl (C=O) groups is 4. The third-order valence-corrected chi connectivity index (χ3v) is 5.71. The van der Waals surface area contributed by atoms with E-state index >= 15 is 0 Å². The molecule has 2 atom stereocenters. The zero-order chi connectivity index (χ0) is 29.4. The molecule has 0 bridgehead atoms. The Labute approximate surface area is 231 Å². The SMILES string of the molecule is CCCCOC(=O)OC(C)CN[C@@H](Cc1ccc(OC(=O)CCC(C)C)c(OC(=O)CCC(C)C)c1)C(=O)O. The van der Waals surface area contributed by atoms with Crippen LogP contribution in [-0.4, -0.2) is 54.5 Å². The summed E-state index contributed by atoms with van der Waals surface area (Å²) in [6, 6.07) is 3.63. The maximum absolute atomic E-state index is 12.4. The number of aliphatic carboxylic acids is 1. The summed E-state index contributed by atoms with van der Waals surface area (Å²) in [5.74, 6) is -1.21. The lowest BCUT2D eigenvalue weighted by molar-refractivity contribution is -0.139. The van der Waals surface area contributed by atoms with Crippen molar-refractivity contribution in [1.82, 2.24) is 5.32 Å². The summed E-state index contributed by atoms with van der Waals surface area (Å²) >= 11 is 0. The maximum Gasteiger partial charge on any atom is 0.508 e. The van der Waals surface area contributed by atoms with Gasteiger partial charge in [0.15, 0.2) is 11.5 Å². The van der Waals surface area contributed by atoms with Crippen molar-refractivity contribution in [3.05, 3.63) is 23.8 Å². The smallest absolute Gasteiger partial charge is 0.480 e. The fraction of sp³-hybridized carbons (Fsp3) is 0.655. The monoisotopic (exact) mass is 551 g/mol. The van der Waals surface area contributed by atoms with Gasteiger partial charge in [-0.05, 0) is 62.1 Å². The first kappa shape index (κ1) is 33.9. The number of esters is 2. The van der Waals surface area contributed by atoms with E-state index in [9.17, 15) is 24.3 Å². The molecule has 0 aliphatic rings. The molecule has 1 rings (SSSR count). The third kappa shape index (κ3) is 15.1. The number of rotatable bonds is 18. The van der Waals surface area contributed by atoms with Gasteiger partial charge in [0.2, 0.25) is 0 Å². The second kappa shape index (κ2) is 18.2. The molecule has 0 spiro atoms. The molecule has 0 aliphatic carbocycles. The number of benzene rings is 1. The van der Waals surface area contributed by atoms with E-state index in [4.69, 9.17) is 18.9 Å². The van der Waals surface area contributed by atoms with Crippen LogP contribution in [0, 0.1) is 11.8 Å². The molecule has 0 heterocycles. The molecule has 1 aromatic rings. The molecular weight excluding hydrogens is 506 g/mol. The van der Waals surface area contributed by atoms with Crippen molar-refractivity contribution < 1.29 is 43.2 Å². The molecule has 1 aromatic carbocycles. The Morgan fingerprint density at radius 1 is 0.897 bits per heavy atom. The summed E-state index contributed by atoms with van der Waals surface area (Å²) in [5, 5.41) is 12.6. The van der Waals surface area contributed by atoms with Crippen molar-refractivity contribution >= 4 is 24.1 Å². The van der Waals surface area contributed by atoms with E-state index in [2.05, 4.69) is 5.32 Å². The average molecular weight is 552 g/mol. The normalized spacial score (nSPS) is 12.6. The van der Waals surface area contributed by atoms with Gasteiger partial charge in [0.05, 0.1) is 6.61 Å². The molecule has 10 nitrogen and oxygen atoms in total. The van der Waals surface area contributed by atoms with Crippen molar-refractivity contribution in [3.63, 3.8) is 0 Å². The molecule has 0 aromatic heterocycles. The fourth-order valence-corrected chi connectivity index (χ4v) is 3.33. The summed E-state index contributed by atoms with van der Waals surface area (Å²) < 4.78 is 21.1. The van der Waals surface area contributed by atoms with Gasteiger partial charge in [0, 0.05) is 19.4 Å². The summed E-state index contributed by atoms with van der Waals surface area (Å²) in [6.45, 7) is 12.0. The van der Waals surface area contributed by atoms with Gasteiger partial charge >= 0.3 is 24.1 Å². The highest BCUT2D eigenvalue weighted by atomic mass is 16.7. The van der Waals surface area contributed by atoms with Gasteiger partial charge in [-0.3, -0.25) is 14.4 Å². The zero-order valence-corrected chi connectivity index (χ0v) is 24.1. The first-order chi connectivity index (χ1) is 18.4. The minimum Gasteiger partial charge on any atom is -0.480 e. The summed E-state index contributed by atoms with van der Waals surface area (Å²) in [7, 11) is 0. The van der Waals surface area contributed by atoms with Crippen LogP contribution in [0.2, 0.25) is 0 Å². The molecule has 39 heavy (non-hydrogen) atoms. The van der Waals surface area contributed by atoms with Gasteiger partial charge in [0.25, 0.3) is 0 Å². The molecule has 1 unspecified atom stereocenters. The summed E-state index contributed by atoms with van der Waals surface area (Å²) in [5.41, 5.74) is 0.552. The second-order valence-corrected chi connectivity index (χ2v) is 10.5. The van der Waals surface area contributed by atoms with Crippen LogP contribution in [0.3, 0.4) is 0 Å². The lowest BCUT2D eigenvalue weighted by Gasteiger charge is -2.19. The molecule has 0 fully saturated rings. The van der Waals surface area contributed by atoms with Crippen molar-refractivity contribution in [3.8, 4) is 11.5 Å². The largest absolute Gasteiger partial charge is 0.508 e. The number of carboxylic acid groups (broad SMARTS) is 1. The number of carbonyl (C=O) groups excluding carboxylic acids is 3. The molecular formula is C29H45NO9. The van der Waals surface area contributed by atoms with Crippen molar-refractivity contribution in [1.29, 1.82) is 0 Å². The predicted molar refractivity (Wildman–Crippen MR) is 146 cm³/mol. The van der Waals surface area contributed by atoms with Gasteiger partial charge in [-0.15, -0.1) is 0 Å². The van der Waals surface area contributed by atoms with Crippen LogP contribution in [0.4, 0.5) is 4.79 Å². The van der Waals surface area contributed by atoms with E-state index in [1.165, 1.54) is 12.1 Å². The topological polar surface area (TPSA) is 137 Å². The lowest BCUT2D eigenvalue weighted by Crippen LogP contribution is -2.42. The van der Waals surface area contributed by atoms with Gasteiger partial charge < -0.3 is 29.4 Å². The highest BCUT2D eigenvalue weighted by Crippen LogP contribution is 2.30. The van der Waals surface area contributed by atoms with Crippen LogP contribution in [0.25, 0.3) is 0 Å². The maximum atomic E-state index is 12.4. The van der Waals surface area contributed by atoms with E-state index in [1.807, 2.05) is 34.6 Å². The van der Waals surface area contributed by atoms with E-state index in [0.717, 1.165) is 12.8 Å². The van der Waals surface area contributed by atoms with Gasteiger partial charge in [-0.1, -0.05) is 47.1 Å². The predicted octanol–water partition coefficient (Wildman–Crippen LogP) is 5.30. The van der Waals surface area contributed by atoms with Crippen LogP contribution >= 0.6 is 0 Å². The van der Waals surface area contributed by atoms with Gasteiger partial charge in [0.1, 0.15) is 12.1 Å². The highest BCUT2D eigenvalue weighted by Gasteiger charge is 2.22. The van der Waals surface area contributed by atoms with Crippen LogP contribution in [0.15, 0.2) is 18.2 Å². The minimum atomic E-state index is -1.10. The van der Waals surface area contributed by atoms with Crippen LogP contribution in [0.5, 0.6) is 11.5 Å². The molecule has 0 saturated heterocycles. The van der Waals surface area contributed by atoms with Gasteiger partial charge in [-0.2, -0.15) is 0 Å². The quantitative estimate of drug-likeness (QED) is 0.140. The molecule has 2 N–H and O–H groups in total. The lowest BCUT2D eigenvalue weighted by atomic mass is 10.0. The van der Waals surface area contributed by atoms with Crippen LogP contribution < -0.4 is 14.8 Å². The van der Waals surface area contributed by atoms with Crippen LogP contribution in [-0.2, 0) is 30.3 Å². The van der Waals surface area contributed by atoms with Crippen molar-refractivity contribution in [2.75, 3.05) is 13.2 Å². The van der Waals surface area contributed by atoms with E-state index in [-0.39, 0.29) is 43.9 Å². The van der Waals surface area contributed by atoms with Gasteiger partial charge in [-0.25, -0.2) is 4.79 Å². The summed E-state index contributed by atoms with van der Waals surface area (Å²) in [4.78, 5) is 48.4. The van der Waals surface area contributed by atoms with Crippen molar-refractivity contribution in [2.45, 2.75) is 98.6 Å². The van der Waals surface area contributed by atoms with E-state index in [1.54, 1.807) is 13.0 Å². The standard InChI is InChI=1S/C29H45NO9/c1-7-8-15-36-29(35)37-21(6)18-30-23(28(33)34)16-22-11-12-24(38-26(31)13-9-19(2)3)25(17-22)39-27(32)14-10-20(4)5/h11-12,17,19-21,23,30H,7-10,13-16,18H2,1-6H3,(H,33,34)/t21?,23-/m0/s1.